The molecule has 0 radical (unpaired) electrons. The molecule has 0 bridgehead atoms. The van der Waals surface area contributed by atoms with Gasteiger partial charge in [-0.1, -0.05) is 29.8 Å². The van der Waals surface area contributed by atoms with Crippen LogP contribution in [0.3, 0.4) is 0 Å². The molecule has 100 valence electrons. The first-order valence-corrected chi connectivity index (χ1v) is 9.01. The van der Waals surface area contributed by atoms with Gasteiger partial charge < -0.3 is 4.74 Å². The lowest BCUT2D eigenvalue weighted by Gasteiger charge is -2.35. The normalized spacial score (nSPS) is 37.1. The average Bonchev–Trinajstić information content (AvgIpc) is 2.43. The Hall–Kier alpha value is 0.390. The number of sulfone groups is 1. The van der Waals surface area contributed by atoms with Gasteiger partial charge >= 0.3 is 0 Å². The Morgan fingerprint density at radius 1 is 1.18 bits per heavy atom. The van der Waals surface area contributed by atoms with Crippen molar-refractivity contribution in [2.45, 2.75) is 56.6 Å². The van der Waals surface area contributed by atoms with Crippen molar-refractivity contribution in [2.24, 2.45) is 5.41 Å². The monoisotopic (exact) mass is 324 g/mol. The summed E-state index contributed by atoms with van der Waals surface area (Å²) in [5.74, 6) is 0.401. The van der Waals surface area contributed by atoms with Gasteiger partial charge in [0, 0.05) is 0 Å². The van der Waals surface area contributed by atoms with E-state index in [1.54, 1.807) is 0 Å². The molecule has 0 N–H and O–H groups in total. The van der Waals surface area contributed by atoms with E-state index in [0.29, 0.717) is 5.41 Å². The highest BCUT2D eigenvalue weighted by atomic mass is 79.9. The summed E-state index contributed by atoms with van der Waals surface area (Å²) in [4.78, 5) is -0.0255. The van der Waals surface area contributed by atoms with Gasteiger partial charge in [-0.25, -0.2) is 8.42 Å². The second-order valence-electron chi connectivity index (χ2n) is 6.13. The fourth-order valence-electron chi connectivity index (χ4n) is 2.65. The Morgan fingerprint density at radius 2 is 1.76 bits per heavy atom. The van der Waals surface area contributed by atoms with Crippen molar-refractivity contribution in [3.05, 3.63) is 0 Å². The van der Waals surface area contributed by atoms with Crippen LogP contribution in [0.1, 0.15) is 39.5 Å². The fourth-order valence-corrected chi connectivity index (χ4v) is 6.07. The van der Waals surface area contributed by atoms with Gasteiger partial charge in [-0.05, 0) is 31.1 Å². The average molecular weight is 325 g/mol. The van der Waals surface area contributed by atoms with E-state index in [-0.39, 0.29) is 28.5 Å². The van der Waals surface area contributed by atoms with Crippen LogP contribution in [0.2, 0.25) is 0 Å². The van der Waals surface area contributed by atoms with Crippen molar-refractivity contribution >= 4 is 25.8 Å². The number of alkyl halides is 1. The van der Waals surface area contributed by atoms with Crippen molar-refractivity contribution in [3.63, 3.8) is 0 Å². The molecule has 3 nitrogen and oxygen atoms in total. The second-order valence-corrected chi connectivity index (χ2v) is 9.46. The smallest absolute Gasteiger partial charge is 0.154 e. The molecule has 0 spiro atoms. The number of hydrogen-bond donors (Lipinski definition) is 0. The highest BCUT2D eigenvalue weighted by Gasteiger charge is 2.39. The van der Waals surface area contributed by atoms with Crippen LogP contribution in [-0.2, 0) is 14.6 Å². The SMILES string of the molecule is CC1(C)CCC(OC2CS(=O)(=O)CC2Br)CC1. The Kier molecular flexibility index (Phi) is 3.91. The Morgan fingerprint density at radius 3 is 2.24 bits per heavy atom. The molecule has 2 fully saturated rings. The molecule has 2 rings (SSSR count). The highest BCUT2D eigenvalue weighted by molar-refractivity contribution is 9.09. The van der Waals surface area contributed by atoms with Gasteiger partial charge in [-0.2, -0.15) is 0 Å². The number of halogens is 1. The van der Waals surface area contributed by atoms with E-state index in [0.717, 1.165) is 12.8 Å². The topological polar surface area (TPSA) is 43.4 Å². The van der Waals surface area contributed by atoms with Crippen LogP contribution in [0.5, 0.6) is 0 Å². The molecular weight excluding hydrogens is 304 g/mol. The molecule has 0 aromatic rings. The van der Waals surface area contributed by atoms with Crippen molar-refractivity contribution in [1.82, 2.24) is 0 Å². The number of ether oxygens (including phenoxy) is 1. The first-order chi connectivity index (χ1) is 7.77. The molecular formula is C12H21BrO3S. The predicted octanol–water partition coefficient (Wildman–Crippen LogP) is 2.53. The van der Waals surface area contributed by atoms with Gasteiger partial charge in [0.25, 0.3) is 0 Å². The van der Waals surface area contributed by atoms with E-state index in [1.807, 2.05) is 0 Å². The van der Waals surface area contributed by atoms with E-state index >= 15 is 0 Å². The van der Waals surface area contributed by atoms with Gasteiger partial charge in [-0.3, -0.25) is 0 Å². The van der Waals surface area contributed by atoms with Gasteiger partial charge in [0.05, 0.1) is 28.5 Å². The van der Waals surface area contributed by atoms with E-state index in [2.05, 4.69) is 29.8 Å². The lowest BCUT2D eigenvalue weighted by molar-refractivity contribution is -0.0314. The maximum Gasteiger partial charge on any atom is 0.154 e. The molecule has 17 heavy (non-hydrogen) atoms. The zero-order valence-electron chi connectivity index (χ0n) is 10.5. The van der Waals surface area contributed by atoms with Gasteiger partial charge in [0.15, 0.2) is 9.84 Å². The van der Waals surface area contributed by atoms with E-state index < -0.39 is 9.84 Å². The Balaban J connectivity index is 1.87. The summed E-state index contributed by atoms with van der Waals surface area (Å²) in [6, 6.07) is 0. The molecule has 1 heterocycles. The Bertz CT molecular complexity index is 367. The van der Waals surface area contributed by atoms with Crippen molar-refractivity contribution in [3.8, 4) is 0 Å². The molecule has 2 unspecified atom stereocenters. The quantitative estimate of drug-likeness (QED) is 0.733. The van der Waals surface area contributed by atoms with E-state index in [4.69, 9.17) is 4.74 Å². The van der Waals surface area contributed by atoms with E-state index in [1.165, 1.54) is 12.8 Å². The summed E-state index contributed by atoms with van der Waals surface area (Å²) in [7, 11) is -2.89. The molecule has 2 atom stereocenters. The molecule has 1 saturated heterocycles. The standard InChI is InChI=1S/C12H21BrO3S/c1-12(2)5-3-9(4-6-12)16-11-8-17(14,15)7-10(11)13/h9-11H,3-8H2,1-2H3. The van der Waals surface area contributed by atoms with E-state index in [9.17, 15) is 8.42 Å². The Labute approximate surface area is 112 Å². The number of rotatable bonds is 2. The first-order valence-electron chi connectivity index (χ1n) is 6.27. The zero-order valence-corrected chi connectivity index (χ0v) is 12.9. The first kappa shape index (κ1) is 13.8. The summed E-state index contributed by atoms with van der Waals surface area (Å²) >= 11 is 3.43. The van der Waals surface area contributed by atoms with Crippen LogP contribution in [0.4, 0.5) is 0 Å². The molecule has 0 aromatic carbocycles. The summed E-state index contributed by atoms with van der Waals surface area (Å²) in [5.41, 5.74) is 0.426. The van der Waals surface area contributed by atoms with Crippen LogP contribution in [0.15, 0.2) is 0 Å². The molecule has 5 heteroatoms. The lowest BCUT2D eigenvalue weighted by atomic mass is 9.76. The largest absolute Gasteiger partial charge is 0.373 e. The molecule has 0 aromatic heterocycles. The van der Waals surface area contributed by atoms with Crippen LogP contribution in [0.25, 0.3) is 0 Å². The second kappa shape index (κ2) is 4.82. The van der Waals surface area contributed by atoms with Gasteiger partial charge in [0.1, 0.15) is 0 Å². The van der Waals surface area contributed by atoms with Gasteiger partial charge in [-0.15, -0.1) is 0 Å². The molecule has 1 saturated carbocycles. The fraction of sp³-hybridized carbons (Fsp3) is 1.00. The third-order valence-corrected chi connectivity index (χ3v) is 6.93. The molecule has 0 amide bonds. The highest BCUT2D eigenvalue weighted by Crippen LogP contribution is 2.37. The lowest BCUT2D eigenvalue weighted by Crippen LogP contribution is -2.33. The van der Waals surface area contributed by atoms with Gasteiger partial charge in [0.2, 0.25) is 0 Å². The summed E-state index contributed by atoms with van der Waals surface area (Å²) in [5, 5.41) is 0. The predicted molar refractivity (Wildman–Crippen MR) is 72.3 cm³/mol. The van der Waals surface area contributed by atoms with Crippen molar-refractivity contribution in [2.75, 3.05) is 11.5 Å². The van der Waals surface area contributed by atoms with Crippen LogP contribution in [0, 0.1) is 5.41 Å². The number of hydrogen-bond acceptors (Lipinski definition) is 3. The zero-order chi connectivity index (χ0) is 12.7. The van der Waals surface area contributed by atoms with Crippen LogP contribution >= 0.6 is 15.9 Å². The molecule has 2 aliphatic rings. The summed E-state index contributed by atoms with van der Waals surface area (Å²) < 4.78 is 28.9. The minimum atomic E-state index is -2.89. The van der Waals surface area contributed by atoms with Crippen LogP contribution in [-0.4, -0.2) is 37.0 Å². The maximum absolute atomic E-state index is 11.5. The summed E-state index contributed by atoms with van der Waals surface area (Å²) in [6.07, 6.45) is 4.56. The molecule has 1 aliphatic carbocycles. The van der Waals surface area contributed by atoms with Crippen LogP contribution < -0.4 is 0 Å². The third-order valence-electron chi connectivity index (χ3n) is 3.89. The molecule has 1 aliphatic heterocycles. The maximum atomic E-state index is 11.5. The third kappa shape index (κ3) is 3.67. The minimum Gasteiger partial charge on any atom is -0.373 e. The minimum absolute atomic E-state index is 0.0255. The summed E-state index contributed by atoms with van der Waals surface area (Å²) in [6.45, 7) is 4.58. The van der Waals surface area contributed by atoms with Crippen molar-refractivity contribution < 1.29 is 13.2 Å². The van der Waals surface area contributed by atoms with Crippen molar-refractivity contribution in [1.29, 1.82) is 0 Å².